The molecule has 132 valence electrons. The maximum absolute atomic E-state index is 12.2. The molecule has 1 atom stereocenters. The molecule has 1 unspecified atom stereocenters. The van der Waals surface area contributed by atoms with E-state index >= 15 is 0 Å². The average molecular weight is 353 g/mol. The lowest BCUT2D eigenvalue weighted by Gasteiger charge is -2.29. The number of halogens is 1. The van der Waals surface area contributed by atoms with Gasteiger partial charge in [-0.15, -0.1) is 12.4 Å². The summed E-state index contributed by atoms with van der Waals surface area (Å²) in [7, 11) is 0. The Kier molecular flexibility index (Phi) is 6.87. The van der Waals surface area contributed by atoms with Crippen molar-refractivity contribution in [1.82, 2.24) is 20.9 Å². The smallest absolute Gasteiger partial charge is 0.318 e. The summed E-state index contributed by atoms with van der Waals surface area (Å²) in [5.74, 6) is -0.121. The number of nitrogens with one attached hydrogen (secondary N) is 3. The second kappa shape index (κ2) is 8.89. The summed E-state index contributed by atoms with van der Waals surface area (Å²) >= 11 is 0. The monoisotopic (exact) mass is 352 g/mol. The fourth-order valence-electron chi connectivity index (χ4n) is 3.19. The summed E-state index contributed by atoms with van der Waals surface area (Å²) in [6.07, 6.45) is 2.93. The molecule has 0 radical (unpaired) electrons. The van der Waals surface area contributed by atoms with Crippen molar-refractivity contribution in [1.29, 1.82) is 0 Å². The molecule has 0 aliphatic carbocycles. The molecule has 24 heavy (non-hydrogen) atoms. The second-order valence-corrected chi connectivity index (χ2v) is 6.21. The Morgan fingerprint density at radius 3 is 2.79 bits per heavy atom. The number of hydrogen-bond donors (Lipinski definition) is 3. The molecule has 0 saturated carbocycles. The zero-order valence-corrected chi connectivity index (χ0v) is 14.5. The molecule has 6 nitrogen and oxygen atoms in total. The average Bonchev–Trinajstić information content (AvgIpc) is 2.60. The van der Waals surface area contributed by atoms with Crippen LogP contribution in [0.4, 0.5) is 4.79 Å². The van der Waals surface area contributed by atoms with Crippen LogP contribution in [0, 0.1) is 0 Å². The first kappa shape index (κ1) is 18.5. The number of hydrogen-bond acceptors (Lipinski definition) is 3. The lowest BCUT2D eigenvalue weighted by Crippen LogP contribution is -2.50. The van der Waals surface area contributed by atoms with Gasteiger partial charge in [-0.05, 0) is 36.9 Å². The third-order valence-electron chi connectivity index (χ3n) is 4.48. The van der Waals surface area contributed by atoms with E-state index in [1.165, 1.54) is 11.1 Å². The van der Waals surface area contributed by atoms with Gasteiger partial charge in [-0.2, -0.15) is 0 Å². The third kappa shape index (κ3) is 4.85. The van der Waals surface area contributed by atoms with Crippen LogP contribution < -0.4 is 16.0 Å². The van der Waals surface area contributed by atoms with Crippen LogP contribution in [-0.2, 0) is 17.8 Å². The van der Waals surface area contributed by atoms with E-state index in [0.29, 0.717) is 13.1 Å². The second-order valence-electron chi connectivity index (χ2n) is 6.21. The summed E-state index contributed by atoms with van der Waals surface area (Å²) in [4.78, 5) is 25.9. The lowest BCUT2D eigenvalue weighted by molar-refractivity contribution is -0.120. The van der Waals surface area contributed by atoms with Gasteiger partial charge < -0.3 is 20.9 Å². The molecule has 7 heteroatoms. The minimum atomic E-state index is -0.170. The Bertz CT molecular complexity index is 575. The normalized spacial score (nSPS) is 19.7. The Hall–Kier alpha value is -1.79. The van der Waals surface area contributed by atoms with Gasteiger partial charge in [0.05, 0.1) is 6.54 Å². The summed E-state index contributed by atoms with van der Waals surface area (Å²) in [5.41, 5.74) is 2.49. The van der Waals surface area contributed by atoms with Crippen LogP contribution in [-0.4, -0.2) is 49.1 Å². The van der Waals surface area contributed by atoms with Crippen LogP contribution in [0.15, 0.2) is 24.3 Å². The zero-order chi connectivity index (χ0) is 16.1. The van der Waals surface area contributed by atoms with E-state index in [0.717, 1.165) is 32.4 Å². The molecular weight excluding hydrogens is 328 g/mol. The number of carbonyl (C=O) groups is 2. The van der Waals surface area contributed by atoms with Crippen LogP contribution >= 0.6 is 12.4 Å². The molecule has 1 saturated heterocycles. The van der Waals surface area contributed by atoms with Gasteiger partial charge in [0.25, 0.3) is 0 Å². The van der Waals surface area contributed by atoms with E-state index < -0.39 is 0 Å². The highest BCUT2D eigenvalue weighted by molar-refractivity contribution is 5.85. The van der Waals surface area contributed by atoms with Crippen LogP contribution in [0.1, 0.15) is 24.0 Å². The first-order valence-corrected chi connectivity index (χ1v) is 8.32. The van der Waals surface area contributed by atoms with E-state index in [2.05, 4.69) is 28.1 Å². The number of urea groups is 1. The molecule has 3 N–H and O–H groups in total. The van der Waals surface area contributed by atoms with Gasteiger partial charge in [0.1, 0.15) is 0 Å². The standard InChI is InChI=1S/C17H24N4O2.ClH/c22-16(20-15-6-3-8-18-10-15)11-19-17(23)21-9-7-13-4-1-2-5-14(13)12-21;/h1-2,4-5,15,18H,3,6-12H2,(H,19,23)(H,20,22);1H. The summed E-state index contributed by atoms with van der Waals surface area (Å²) in [6.45, 7) is 3.16. The third-order valence-corrected chi connectivity index (χ3v) is 4.48. The molecule has 1 aromatic carbocycles. The fourth-order valence-corrected chi connectivity index (χ4v) is 3.19. The van der Waals surface area contributed by atoms with Gasteiger partial charge in [-0.25, -0.2) is 4.79 Å². The zero-order valence-electron chi connectivity index (χ0n) is 13.7. The van der Waals surface area contributed by atoms with Crippen molar-refractivity contribution < 1.29 is 9.59 Å². The summed E-state index contributed by atoms with van der Waals surface area (Å²) in [6, 6.07) is 8.19. The molecule has 2 heterocycles. The predicted molar refractivity (Wildman–Crippen MR) is 95.2 cm³/mol. The van der Waals surface area contributed by atoms with Gasteiger partial charge in [-0.1, -0.05) is 24.3 Å². The highest BCUT2D eigenvalue weighted by Gasteiger charge is 2.21. The van der Waals surface area contributed by atoms with Crippen LogP contribution in [0.5, 0.6) is 0 Å². The maximum Gasteiger partial charge on any atom is 0.318 e. The molecule has 2 aliphatic heterocycles. The first-order chi connectivity index (χ1) is 11.2. The Balaban J connectivity index is 0.00000208. The largest absolute Gasteiger partial charge is 0.351 e. The lowest BCUT2D eigenvalue weighted by atomic mass is 10.0. The van der Waals surface area contributed by atoms with Crippen LogP contribution in [0.3, 0.4) is 0 Å². The van der Waals surface area contributed by atoms with E-state index in [1.54, 1.807) is 4.90 Å². The first-order valence-electron chi connectivity index (χ1n) is 8.32. The van der Waals surface area contributed by atoms with Gasteiger partial charge >= 0.3 is 6.03 Å². The number of fused-ring (bicyclic) bond motifs is 1. The maximum atomic E-state index is 12.2. The summed E-state index contributed by atoms with van der Waals surface area (Å²) < 4.78 is 0. The molecule has 1 fully saturated rings. The van der Waals surface area contributed by atoms with Gasteiger partial charge in [0, 0.05) is 25.7 Å². The number of nitrogens with zero attached hydrogens (tertiary/aromatic N) is 1. The highest BCUT2D eigenvalue weighted by atomic mass is 35.5. The minimum absolute atomic E-state index is 0. The molecule has 3 amide bonds. The Morgan fingerprint density at radius 1 is 1.25 bits per heavy atom. The molecule has 2 aliphatic rings. The van der Waals surface area contributed by atoms with Crippen LogP contribution in [0.25, 0.3) is 0 Å². The van der Waals surface area contributed by atoms with Crippen molar-refractivity contribution in [3.63, 3.8) is 0 Å². The SMILES string of the molecule is Cl.O=C(CNC(=O)N1CCc2ccccc2C1)NC1CCCNC1. The number of benzene rings is 1. The van der Waals surface area contributed by atoms with Crippen molar-refractivity contribution in [3.8, 4) is 0 Å². The van der Waals surface area contributed by atoms with Crippen molar-refractivity contribution in [2.45, 2.75) is 31.8 Å². The van der Waals surface area contributed by atoms with Gasteiger partial charge in [0.2, 0.25) is 5.91 Å². The van der Waals surface area contributed by atoms with E-state index in [-0.39, 0.29) is 36.9 Å². The molecule has 3 rings (SSSR count). The molecule has 0 aromatic heterocycles. The van der Waals surface area contributed by atoms with Crippen molar-refractivity contribution in [2.24, 2.45) is 0 Å². The number of piperidine rings is 1. The fraction of sp³-hybridized carbons (Fsp3) is 0.529. The number of amides is 3. The summed E-state index contributed by atoms with van der Waals surface area (Å²) in [5, 5.41) is 8.94. The van der Waals surface area contributed by atoms with Crippen LogP contribution in [0.2, 0.25) is 0 Å². The molecular formula is C17H25ClN4O2. The van der Waals surface area contributed by atoms with Crippen molar-refractivity contribution >= 4 is 24.3 Å². The number of carbonyl (C=O) groups excluding carboxylic acids is 2. The highest BCUT2D eigenvalue weighted by Crippen LogP contribution is 2.18. The van der Waals surface area contributed by atoms with Crippen molar-refractivity contribution in [2.75, 3.05) is 26.2 Å². The van der Waals surface area contributed by atoms with E-state index in [9.17, 15) is 9.59 Å². The quantitative estimate of drug-likeness (QED) is 0.761. The molecule has 0 bridgehead atoms. The van der Waals surface area contributed by atoms with Gasteiger partial charge in [0.15, 0.2) is 0 Å². The topological polar surface area (TPSA) is 73.5 Å². The minimum Gasteiger partial charge on any atom is -0.351 e. The van der Waals surface area contributed by atoms with E-state index in [4.69, 9.17) is 0 Å². The Labute approximate surface area is 148 Å². The van der Waals surface area contributed by atoms with Crippen molar-refractivity contribution in [3.05, 3.63) is 35.4 Å². The molecule has 0 spiro atoms. The van der Waals surface area contributed by atoms with E-state index in [1.807, 2.05) is 12.1 Å². The molecule has 1 aromatic rings. The predicted octanol–water partition coefficient (Wildman–Crippen LogP) is 1.04. The number of rotatable bonds is 3. The van der Waals surface area contributed by atoms with Gasteiger partial charge in [-0.3, -0.25) is 4.79 Å². The Morgan fingerprint density at radius 2 is 2.04 bits per heavy atom.